The van der Waals surface area contributed by atoms with Crippen molar-refractivity contribution in [1.82, 2.24) is 4.90 Å². The van der Waals surface area contributed by atoms with Crippen LogP contribution >= 0.6 is 0 Å². The zero-order valence-corrected chi connectivity index (χ0v) is 6.84. The molecule has 0 aromatic rings. The van der Waals surface area contributed by atoms with Crippen LogP contribution in [-0.4, -0.2) is 30.8 Å². The van der Waals surface area contributed by atoms with Crippen LogP contribution in [-0.2, 0) is 5.11 Å². The lowest BCUT2D eigenvalue weighted by atomic mass is 10.3. The van der Waals surface area contributed by atoms with E-state index >= 15 is 0 Å². The van der Waals surface area contributed by atoms with Crippen molar-refractivity contribution >= 4 is 0 Å². The van der Waals surface area contributed by atoms with Crippen LogP contribution in [0, 0.1) is 0 Å². The minimum atomic E-state index is -0.597. The van der Waals surface area contributed by atoms with Crippen LogP contribution in [0.15, 0.2) is 0 Å². The van der Waals surface area contributed by atoms with E-state index in [1.807, 2.05) is 18.7 Å². The van der Waals surface area contributed by atoms with E-state index in [1.165, 1.54) is 0 Å². The lowest BCUT2D eigenvalue weighted by molar-refractivity contribution is -0.0466. The number of hydrogen-bond acceptors (Lipinski definition) is 2. The average Bonchev–Trinajstić information content (AvgIpc) is 1.91. The second-order valence-electron chi connectivity index (χ2n) is 2.25. The first-order valence-corrected chi connectivity index (χ1v) is 3.86. The van der Waals surface area contributed by atoms with Gasteiger partial charge in [0.25, 0.3) is 0 Å². The predicted octanol–water partition coefficient (Wildman–Crippen LogP) is 0.434. The molecule has 0 spiro atoms. The molecule has 0 aliphatic heterocycles. The van der Waals surface area contributed by atoms with Gasteiger partial charge in [0.15, 0.2) is 0 Å². The van der Waals surface area contributed by atoms with Crippen molar-refractivity contribution in [2.45, 2.75) is 26.5 Å². The third kappa shape index (κ3) is 3.15. The van der Waals surface area contributed by atoms with Gasteiger partial charge in [0.2, 0.25) is 0 Å². The van der Waals surface area contributed by atoms with Gasteiger partial charge in [-0.1, -0.05) is 13.8 Å². The van der Waals surface area contributed by atoms with Crippen molar-refractivity contribution in [3.05, 3.63) is 0 Å². The lowest BCUT2D eigenvalue weighted by Crippen LogP contribution is -2.35. The molecule has 0 aromatic carbocycles. The molecule has 0 amide bonds. The molecule has 61 valence electrons. The SMILES string of the molecule is CCN(CC)C([O])CCN. The summed E-state index contributed by atoms with van der Waals surface area (Å²) in [5.41, 5.74) is 5.25. The second-order valence-corrected chi connectivity index (χ2v) is 2.25. The van der Waals surface area contributed by atoms with Crippen molar-refractivity contribution in [3.63, 3.8) is 0 Å². The number of nitrogens with two attached hydrogens (primary N) is 1. The van der Waals surface area contributed by atoms with E-state index in [0.29, 0.717) is 13.0 Å². The molecule has 0 aromatic heterocycles. The molecule has 0 aliphatic rings. The van der Waals surface area contributed by atoms with Crippen molar-refractivity contribution < 1.29 is 5.11 Å². The van der Waals surface area contributed by atoms with Gasteiger partial charge >= 0.3 is 0 Å². The maximum absolute atomic E-state index is 11.1. The second kappa shape index (κ2) is 5.65. The van der Waals surface area contributed by atoms with Gasteiger partial charge in [0.05, 0.1) is 0 Å². The number of hydrogen-bond donors (Lipinski definition) is 1. The zero-order valence-electron chi connectivity index (χ0n) is 6.84. The van der Waals surface area contributed by atoms with Gasteiger partial charge in [-0.3, -0.25) is 4.90 Å². The molecule has 1 atom stereocenters. The third-order valence-electron chi connectivity index (χ3n) is 1.63. The zero-order chi connectivity index (χ0) is 7.98. The van der Waals surface area contributed by atoms with E-state index in [2.05, 4.69) is 0 Å². The highest BCUT2D eigenvalue weighted by Gasteiger charge is 2.11. The van der Waals surface area contributed by atoms with E-state index in [9.17, 15) is 5.11 Å². The van der Waals surface area contributed by atoms with Gasteiger partial charge in [-0.05, 0) is 19.6 Å². The Balaban J connectivity index is 3.53. The van der Waals surface area contributed by atoms with Crippen LogP contribution in [0.4, 0.5) is 0 Å². The van der Waals surface area contributed by atoms with Gasteiger partial charge in [0.1, 0.15) is 6.23 Å². The predicted molar refractivity (Wildman–Crippen MR) is 41.1 cm³/mol. The molecule has 10 heavy (non-hydrogen) atoms. The fourth-order valence-electron chi connectivity index (χ4n) is 0.956. The van der Waals surface area contributed by atoms with Crippen LogP contribution in [0.1, 0.15) is 20.3 Å². The molecule has 0 saturated heterocycles. The Labute approximate surface area is 62.8 Å². The monoisotopic (exact) mass is 145 g/mol. The maximum atomic E-state index is 11.1. The Morgan fingerprint density at radius 1 is 1.40 bits per heavy atom. The molecule has 0 rings (SSSR count). The normalized spacial score (nSPS) is 14.1. The summed E-state index contributed by atoms with van der Waals surface area (Å²) in [7, 11) is 0. The van der Waals surface area contributed by atoms with E-state index in [0.717, 1.165) is 13.1 Å². The highest BCUT2D eigenvalue weighted by molar-refractivity contribution is 4.57. The molecular weight excluding hydrogens is 128 g/mol. The molecule has 2 N–H and O–H groups in total. The summed E-state index contributed by atoms with van der Waals surface area (Å²) in [6.07, 6.45) is -0.0400. The van der Waals surface area contributed by atoms with Gasteiger partial charge in [0, 0.05) is 6.42 Å². The van der Waals surface area contributed by atoms with Crippen molar-refractivity contribution in [2.24, 2.45) is 5.73 Å². The first kappa shape index (κ1) is 9.88. The van der Waals surface area contributed by atoms with Crippen molar-refractivity contribution in [1.29, 1.82) is 0 Å². The first-order chi connectivity index (χ1) is 4.76. The van der Waals surface area contributed by atoms with Crippen LogP contribution in [0.25, 0.3) is 0 Å². The number of nitrogens with zero attached hydrogens (tertiary/aromatic N) is 1. The smallest absolute Gasteiger partial charge is 0.147 e. The van der Waals surface area contributed by atoms with E-state index in [1.54, 1.807) is 0 Å². The molecule has 0 bridgehead atoms. The molecule has 3 heteroatoms. The number of rotatable bonds is 5. The molecule has 0 fully saturated rings. The van der Waals surface area contributed by atoms with Crippen LogP contribution < -0.4 is 5.73 Å². The summed E-state index contributed by atoms with van der Waals surface area (Å²) in [6, 6.07) is 0. The fourth-order valence-corrected chi connectivity index (χ4v) is 0.956. The van der Waals surface area contributed by atoms with Crippen LogP contribution in [0.5, 0.6) is 0 Å². The Morgan fingerprint density at radius 2 is 1.90 bits per heavy atom. The summed E-state index contributed by atoms with van der Waals surface area (Å²) in [5.74, 6) is 0. The van der Waals surface area contributed by atoms with Crippen molar-refractivity contribution in [3.8, 4) is 0 Å². The van der Waals surface area contributed by atoms with Gasteiger partial charge in [-0.25, -0.2) is 5.11 Å². The quantitative estimate of drug-likeness (QED) is 0.570. The molecule has 0 saturated carbocycles. The highest BCUT2D eigenvalue weighted by atomic mass is 16.3. The highest BCUT2D eigenvalue weighted by Crippen LogP contribution is 1.98. The molecule has 1 unspecified atom stereocenters. The standard InChI is InChI=1S/C7H17N2O/c1-3-9(4-2)7(10)5-6-8/h7H,3-6,8H2,1-2H3. The van der Waals surface area contributed by atoms with Crippen LogP contribution in [0.3, 0.4) is 0 Å². The minimum absolute atomic E-state index is 0.491. The molecular formula is C7H17N2O. The summed E-state index contributed by atoms with van der Waals surface area (Å²) in [4.78, 5) is 1.87. The molecule has 1 radical (unpaired) electrons. The molecule has 0 aliphatic carbocycles. The third-order valence-corrected chi connectivity index (χ3v) is 1.63. The Bertz CT molecular complexity index is 74.0. The van der Waals surface area contributed by atoms with E-state index < -0.39 is 6.23 Å². The van der Waals surface area contributed by atoms with E-state index in [-0.39, 0.29) is 0 Å². The lowest BCUT2D eigenvalue weighted by Gasteiger charge is -2.22. The maximum Gasteiger partial charge on any atom is 0.147 e. The van der Waals surface area contributed by atoms with Gasteiger partial charge in [-0.15, -0.1) is 0 Å². The van der Waals surface area contributed by atoms with Crippen LogP contribution in [0.2, 0.25) is 0 Å². The summed E-state index contributed by atoms with van der Waals surface area (Å²) >= 11 is 0. The molecule has 3 nitrogen and oxygen atoms in total. The Hall–Kier alpha value is -0.120. The topological polar surface area (TPSA) is 49.2 Å². The summed E-state index contributed by atoms with van der Waals surface area (Å²) in [5, 5.41) is 11.1. The summed E-state index contributed by atoms with van der Waals surface area (Å²) in [6.45, 7) is 6.12. The minimum Gasteiger partial charge on any atom is -0.330 e. The average molecular weight is 145 g/mol. The summed E-state index contributed by atoms with van der Waals surface area (Å²) < 4.78 is 0. The first-order valence-electron chi connectivity index (χ1n) is 3.86. The largest absolute Gasteiger partial charge is 0.330 e. The van der Waals surface area contributed by atoms with Gasteiger partial charge in [-0.2, -0.15) is 0 Å². The fraction of sp³-hybridized carbons (Fsp3) is 1.00. The molecule has 0 heterocycles. The Kier molecular flexibility index (Phi) is 5.58. The van der Waals surface area contributed by atoms with Crippen molar-refractivity contribution in [2.75, 3.05) is 19.6 Å². The van der Waals surface area contributed by atoms with Gasteiger partial charge < -0.3 is 5.73 Å². The Morgan fingerprint density at radius 3 is 2.20 bits per heavy atom. The van der Waals surface area contributed by atoms with E-state index in [4.69, 9.17) is 5.73 Å².